The molecule has 0 aliphatic heterocycles. The highest BCUT2D eigenvalue weighted by molar-refractivity contribution is 6.31. The summed E-state index contributed by atoms with van der Waals surface area (Å²) < 4.78 is 12.5. The van der Waals surface area contributed by atoms with Gasteiger partial charge in [0.1, 0.15) is 23.8 Å². The number of rotatable bonds is 6. The standard InChI is InChI=1S/C24H21ClN4O4/c1-15-5-4-10-29-22(30)13-18(26-23(15)29)14-33-19-7-3-6-17(12-19)27-24(31)28-20-11-16(25)8-9-21(20)32-2/h3-13H,14H2,1-2H3,(H2,27,28,31). The highest BCUT2D eigenvalue weighted by Crippen LogP contribution is 2.28. The molecule has 0 bridgehead atoms. The van der Waals surface area contributed by atoms with Crippen molar-refractivity contribution in [1.29, 1.82) is 0 Å². The molecule has 0 atom stereocenters. The second kappa shape index (κ2) is 9.62. The molecule has 0 aliphatic carbocycles. The fraction of sp³-hybridized carbons (Fsp3) is 0.125. The largest absolute Gasteiger partial charge is 0.495 e. The summed E-state index contributed by atoms with van der Waals surface area (Å²) in [5, 5.41) is 5.92. The van der Waals surface area contributed by atoms with Gasteiger partial charge in [0.15, 0.2) is 0 Å². The van der Waals surface area contributed by atoms with E-state index in [9.17, 15) is 9.59 Å². The lowest BCUT2D eigenvalue weighted by Crippen LogP contribution is -2.19. The molecule has 2 N–H and O–H groups in total. The Morgan fingerprint density at radius 2 is 1.94 bits per heavy atom. The maximum absolute atomic E-state index is 12.4. The monoisotopic (exact) mass is 464 g/mol. The Morgan fingerprint density at radius 3 is 2.76 bits per heavy atom. The Labute approximate surface area is 194 Å². The lowest BCUT2D eigenvalue weighted by Gasteiger charge is -2.12. The van der Waals surface area contributed by atoms with Gasteiger partial charge in [-0.05, 0) is 48.9 Å². The van der Waals surface area contributed by atoms with Gasteiger partial charge < -0.3 is 20.1 Å². The number of ether oxygens (including phenoxy) is 2. The number of pyridine rings is 1. The van der Waals surface area contributed by atoms with Crippen molar-refractivity contribution >= 4 is 34.7 Å². The van der Waals surface area contributed by atoms with Gasteiger partial charge >= 0.3 is 6.03 Å². The highest BCUT2D eigenvalue weighted by atomic mass is 35.5. The van der Waals surface area contributed by atoms with Crippen LogP contribution in [0.4, 0.5) is 16.2 Å². The van der Waals surface area contributed by atoms with Gasteiger partial charge in [0, 0.05) is 29.0 Å². The van der Waals surface area contributed by atoms with Crippen LogP contribution in [0.3, 0.4) is 0 Å². The molecular weight excluding hydrogens is 444 g/mol. The maximum Gasteiger partial charge on any atom is 0.323 e. The molecule has 8 nitrogen and oxygen atoms in total. The lowest BCUT2D eigenvalue weighted by molar-refractivity contribution is 0.262. The van der Waals surface area contributed by atoms with E-state index in [1.165, 1.54) is 17.6 Å². The van der Waals surface area contributed by atoms with Crippen LogP contribution >= 0.6 is 11.6 Å². The van der Waals surface area contributed by atoms with Crippen molar-refractivity contribution < 1.29 is 14.3 Å². The molecule has 4 rings (SSSR count). The maximum atomic E-state index is 12.4. The minimum absolute atomic E-state index is 0.107. The number of carbonyl (C=O) groups excluding carboxylic acids is 1. The molecule has 33 heavy (non-hydrogen) atoms. The Hall–Kier alpha value is -4.04. The number of carbonyl (C=O) groups is 1. The Balaban J connectivity index is 1.44. The number of hydrogen-bond donors (Lipinski definition) is 2. The first-order valence-electron chi connectivity index (χ1n) is 10.1. The van der Waals surface area contributed by atoms with E-state index in [-0.39, 0.29) is 12.2 Å². The van der Waals surface area contributed by atoms with E-state index in [1.807, 2.05) is 13.0 Å². The molecule has 168 valence electrons. The fourth-order valence-electron chi connectivity index (χ4n) is 3.27. The molecule has 0 spiro atoms. The normalized spacial score (nSPS) is 10.6. The first-order chi connectivity index (χ1) is 15.9. The molecule has 0 aliphatic rings. The molecule has 2 heterocycles. The van der Waals surface area contributed by atoms with Crippen LogP contribution in [0.1, 0.15) is 11.3 Å². The second-order valence-corrected chi connectivity index (χ2v) is 7.65. The third-order valence-corrected chi connectivity index (χ3v) is 5.06. The predicted molar refractivity (Wildman–Crippen MR) is 128 cm³/mol. The van der Waals surface area contributed by atoms with Crippen molar-refractivity contribution in [1.82, 2.24) is 9.38 Å². The molecule has 2 aromatic heterocycles. The smallest absolute Gasteiger partial charge is 0.323 e. The van der Waals surface area contributed by atoms with Crippen LogP contribution in [0.25, 0.3) is 5.65 Å². The first kappa shape index (κ1) is 22.2. The Morgan fingerprint density at radius 1 is 1.09 bits per heavy atom. The molecule has 0 saturated heterocycles. The van der Waals surface area contributed by atoms with Crippen LogP contribution in [0.15, 0.2) is 71.7 Å². The number of fused-ring (bicyclic) bond motifs is 1. The topological polar surface area (TPSA) is 94.0 Å². The third kappa shape index (κ3) is 5.24. The van der Waals surface area contributed by atoms with Crippen molar-refractivity contribution in [2.75, 3.05) is 17.7 Å². The first-order valence-corrected chi connectivity index (χ1v) is 10.4. The van der Waals surface area contributed by atoms with Gasteiger partial charge in [-0.3, -0.25) is 9.20 Å². The number of aromatic nitrogens is 2. The van der Waals surface area contributed by atoms with E-state index in [0.717, 1.165) is 5.56 Å². The zero-order chi connectivity index (χ0) is 23.4. The van der Waals surface area contributed by atoms with Crippen LogP contribution in [0.2, 0.25) is 5.02 Å². The molecule has 2 aromatic carbocycles. The molecule has 0 radical (unpaired) electrons. The number of hydrogen-bond acceptors (Lipinski definition) is 5. The molecule has 0 unspecified atom stereocenters. The summed E-state index contributed by atoms with van der Waals surface area (Å²) in [6.07, 6.45) is 1.68. The van der Waals surface area contributed by atoms with E-state index >= 15 is 0 Å². The lowest BCUT2D eigenvalue weighted by atomic mass is 10.3. The third-order valence-electron chi connectivity index (χ3n) is 4.83. The minimum Gasteiger partial charge on any atom is -0.495 e. The van der Waals surface area contributed by atoms with Gasteiger partial charge in [0.25, 0.3) is 5.56 Å². The van der Waals surface area contributed by atoms with Crippen molar-refractivity contribution in [3.63, 3.8) is 0 Å². The SMILES string of the molecule is COc1ccc(Cl)cc1NC(=O)Nc1cccc(OCc2cc(=O)n3cccc(C)c3n2)c1. The average molecular weight is 465 g/mol. The van der Waals surface area contributed by atoms with Gasteiger partial charge in [-0.25, -0.2) is 9.78 Å². The molecule has 0 saturated carbocycles. The fourth-order valence-corrected chi connectivity index (χ4v) is 3.44. The number of anilines is 2. The van der Waals surface area contributed by atoms with Crippen molar-refractivity contribution in [3.05, 3.63) is 93.5 Å². The van der Waals surface area contributed by atoms with Crippen molar-refractivity contribution in [3.8, 4) is 11.5 Å². The van der Waals surface area contributed by atoms with Gasteiger partial charge in [-0.15, -0.1) is 0 Å². The summed E-state index contributed by atoms with van der Waals surface area (Å²) in [5.74, 6) is 1.00. The number of benzene rings is 2. The zero-order valence-electron chi connectivity index (χ0n) is 18.0. The molecule has 4 aromatic rings. The number of amides is 2. The second-order valence-electron chi connectivity index (χ2n) is 7.21. The summed E-state index contributed by atoms with van der Waals surface area (Å²) in [7, 11) is 1.51. The number of nitrogens with one attached hydrogen (secondary N) is 2. The number of nitrogens with zero attached hydrogens (tertiary/aromatic N) is 2. The number of halogens is 1. The summed E-state index contributed by atoms with van der Waals surface area (Å²) in [6, 6.07) is 16.5. The van der Waals surface area contributed by atoms with Crippen molar-refractivity contribution in [2.24, 2.45) is 0 Å². The summed E-state index contributed by atoms with van der Waals surface area (Å²) >= 11 is 6.00. The predicted octanol–water partition coefficient (Wildman–Crippen LogP) is 4.89. The molecule has 0 fully saturated rings. The van der Waals surface area contributed by atoms with Gasteiger partial charge in [0.05, 0.1) is 18.5 Å². The van der Waals surface area contributed by atoms with Crippen LogP contribution in [-0.2, 0) is 6.61 Å². The van der Waals surface area contributed by atoms with E-state index in [4.69, 9.17) is 21.1 Å². The van der Waals surface area contributed by atoms with E-state index in [2.05, 4.69) is 15.6 Å². The Bertz CT molecular complexity index is 1390. The summed E-state index contributed by atoms with van der Waals surface area (Å²) in [6.45, 7) is 2.00. The van der Waals surface area contributed by atoms with Crippen LogP contribution < -0.4 is 25.7 Å². The van der Waals surface area contributed by atoms with E-state index < -0.39 is 6.03 Å². The number of urea groups is 1. The van der Waals surface area contributed by atoms with Crippen molar-refractivity contribution in [2.45, 2.75) is 13.5 Å². The molecule has 9 heteroatoms. The summed E-state index contributed by atoms with van der Waals surface area (Å²) in [4.78, 5) is 29.3. The van der Waals surface area contributed by atoms with Crippen LogP contribution in [-0.4, -0.2) is 22.5 Å². The highest BCUT2D eigenvalue weighted by Gasteiger charge is 2.10. The number of aryl methyl sites for hydroxylation is 1. The van der Waals surface area contributed by atoms with Gasteiger partial charge in [0.2, 0.25) is 0 Å². The van der Waals surface area contributed by atoms with Crippen LogP contribution in [0, 0.1) is 6.92 Å². The number of methoxy groups -OCH3 is 1. The molecular formula is C24H21ClN4O4. The van der Waals surface area contributed by atoms with Gasteiger partial charge in [-0.1, -0.05) is 23.7 Å². The van der Waals surface area contributed by atoms with E-state index in [0.29, 0.717) is 39.2 Å². The minimum atomic E-state index is -0.465. The Kier molecular flexibility index (Phi) is 6.46. The molecule has 2 amide bonds. The quantitative estimate of drug-likeness (QED) is 0.424. The van der Waals surface area contributed by atoms with Crippen LogP contribution in [0.5, 0.6) is 11.5 Å². The average Bonchev–Trinajstić information content (AvgIpc) is 2.79. The zero-order valence-corrected chi connectivity index (χ0v) is 18.7. The van der Waals surface area contributed by atoms with E-state index in [1.54, 1.807) is 54.7 Å². The van der Waals surface area contributed by atoms with Gasteiger partial charge in [-0.2, -0.15) is 0 Å². The summed E-state index contributed by atoms with van der Waals surface area (Å²) in [5.41, 5.74) is 2.79.